The summed E-state index contributed by atoms with van der Waals surface area (Å²) in [5.41, 5.74) is 4.95. The van der Waals surface area contributed by atoms with Crippen LogP contribution in [0.2, 0.25) is 0 Å². The molecule has 4 heteroatoms. The minimum atomic E-state index is -0.100. The number of carbonyl (C=O) groups excluding carboxylic acids is 1. The maximum Gasteiger partial charge on any atom is 0.278 e. The topological polar surface area (TPSA) is 35.9 Å². The molecule has 1 saturated heterocycles. The lowest BCUT2D eigenvalue weighted by molar-refractivity contribution is 0.00203. The van der Waals surface area contributed by atoms with Gasteiger partial charge >= 0.3 is 0 Å². The molecule has 182 valence electrons. The minimum Gasteiger partial charge on any atom is -0.323 e. The summed E-state index contributed by atoms with van der Waals surface area (Å²) in [6.07, 6.45) is 12.9. The predicted molar refractivity (Wildman–Crippen MR) is 141 cm³/mol. The number of fused-ring (bicyclic) bond motifs is 1. The summed E-state index contributed by atoms with van der Waals surface area (Å²) in [4.78, 5) is 23.3. The van der Waals surface area contributed by atoms with Gasteiger partial charge in [0.15, 0.2) is 0 Å². The molecule has 2 aromatic rings. The first kappa shape index (κ1) is 21.8. The molecule has 0 N–H and O–H groups in total. The van der Waals surface area contributed by atoms with Crippen molar-refractivity contribution in [2.75, 3.05) is 18.0 Å². The molecule has 1 amide bonds. The summed E-state index contributed by atoms with van der Waals surface area (Å²) in [6, 6.07) is 16.7. The number of likely N-dealkylation sites (tertiary alicyclic amines) is 1. The van der Waals surface area contributed by atoms with Crippen molar-refractivity contribution in [3.05, 3.63) is 65.2 Å². The normalized spacial score (nSPS) is 32.9. The van der Waals surface area contributed by atoms with Crippen LogP contribution < -0.4 is 4.90 Å². The second-order valence-electron chi connectivity index (χ2n) is 12.2. The first-order valence-corrected chi connectivity index (χ1v) is 14.0. The Morgan fingerprint density at radius 1 is 0.886 bits per heavy atom. The highest BCUT2D eigenvalue weighted by Gasteiger charge is 2.56. The van der Waals surface area contributed by atoms with Crippen LogP contribution in [0.1, 0.15) is 79.3 Å². The quantitative estimate of drug-likeness (QED) is 0.534. The van der Waals surface area contributed by atoms with Crippen LogP contribution in [0.3, 0.4) is 0 Å². The van der Waals surface area contributed by atoms with Crippen molar-refractivity contribution in [2.24, 2.45) is 22.7 Å². The number of aliphatic imine (C=N–C) groups is 1. The third kappa shape index (κ3) is 3.94. The van der Waals surface area contributed by atoms with Crippen molar-refractivity contribution < 1.29 is 4.79 Å². The van der Waals surface area contributed by atoms with Crippen LogP contribution in [0.4, 0.5) is 5.69 Å². The van der Waals surface area contributed by atoms with E-state index >= 15 is 0 Å². The number of anilines is 1. The van der Waals surface area contributed by atoms with Crippen molar-refractivity contribution in [1.82, 2.24) is 4.90 Å². The highest BCUT2D eigenvalue weighted by molar-refractivity contribution is 6.13. The number of rotatable bonds is 4. The van der Waals surface area contributed by atoms with Crippen molar-refractivity contribution in [3.63, 3.8) is 0 Å². The van der Waals surface area contributed by atoms with E-state index < -0.39 is 0 Å². The fraction of sp³-hybridized carbons (Fsp3) is 0.548. The van der Waals surface area contributed by atoms with Crippen molar-refractivity contribution in [3.8, 4) is 0 Å². The molecular weight excluding hydrogens is 430 g/mol. The largest absolute Gasteiger partial charge is 0.323 e. The van der Waals surface area contributed by atoms with E-state index in [4.69, 9.17) is 4.99 Å². The van der Waals surface area contributed by atoms with E-state index in [2.05, 4.69) is 28.0 Å². The van der Waals surface area contributed by atoms with Gasteiger partial charge in [-0.2, -0.15) is 4.99 Å². The number of hydrogen-bond donors (Lipinski definition) is 0. The van der Waals surface area contributed by atoms with E-state index in [1.54, 1.807) is 0 Å². The Morgan fingerprint density at radius 2 is 1.57 bits per heavy atom. The van der Waals surface area contributed by atoms with Gasteiger partial charge < -0.3 is 4.90 Å². The molecule has 0 unspecified atom stereocenters. The van der Waals surface area contributed by atoms with Crippen LogP contribution in [-0.4, -0.2) is 35.3 Å². The first-order valence-electron chi connectivity index (χ1n) is 14.0. The van der Waals surface area contributed by atoms with Gasteiger partial charge in [0.05, 0.1) is 0 Å². The number of nitrogens with zero attached hydrogens (tertiary/aromatic N) is 3. The van der Waals surface area contributed by atoms with Crippen molar-refractivity contribution in [1.29, 1.82) is 0 Å². The molecule has 2 aliphatic heterocycles. The molecule has 4 aliphatic carbocycles. The smallest absolute Gasteiger partial charge is 0.278 e. The maximum atomic E-state index is 13.2. The fourth-order valence-corrected chi connectivity index (χ4v) is 8.55. The monoisotopic (exact) mass is 467 g/mol. The molecule has 4 bridgehead atoms. The third-order valence-electron chi connectivity index (χ3n) is 9.58. The Balaban J connectivity index is 1.27. The number of hydrogen-bond acceptors (Lipinski definition) is 2. The number of piperidine rings is 1. The molecule has 2 aromatic carbocycles. The highest BCUT2D eigenvalue weighted by Crippen LogP contribution is 2.59. The summed E-state index contributed by atoms with van der Waals surface area (Å²) in [6.45, 7) is 3.47. The average molecular weight is 468 g/mol. The Labute approximate surface area is 209 Å². The lowest BCUT2D eigenvalue weighted by Crippen LogP contribution is -2.61. The van der Waals surface area contributed by atoms with Gasteiger partial charge in [-0.3, -0.25) is 9.69 Å². The second-order valence-corrected chi connectivity index (χ2v) is 12.2. The fourth-order valence-electron chi connectivity index (χ4n) is 8.55. The van der Waals surface area contributed by atoms with Gasteiger partial charge in [0.25, 0.3) is 5.91 Å². The molecule has 0 radical (unpaired) electrons. The van der Waals surface area contributed by atoms with Crippen LogP contribution in [0.25, 0.3) is 0 Å². The SMILES string of the molecule is O=C(N=C1Cc2ccc(CN3CCCCC3)cc2N1C12CC3CC(CC(C3)C1)C2)c1ccccc1. The van der Waals surface area contributed by atoms with Crippen LogP contribution in [0.15, 0.2) is 53.5 Å². The molecule has 2 heterocycles. The van der Waals surface area contributed by atoms with E-state index in [0.29, 0.717) is 5.56 Å². The van der Waals surface area contributed by atoms with E-state index in [9.17, 15) is 4.79 Å². The predicted octanol–water partition coefficient (Wildman–Crippen LogP) is 6.24. The zero-order valence-corrected chi connectivity index (χ0v) is 20.8. The first-order chi connectivity index (χ1) is 17.1. The van der Waals surface area contributed by atoms with Gasteiger partial charge in [-0.15, -0.1) is 0 Å². The summed E-state index contributed by atoms with van der Waals surface area (Å²) < 4.78 is 0. The maximum absolute atomic E-state index is 13.2. The van der Waals surface area contributed by atoms with Crippen LogP contribution in [-0.2, 0) is 13.0 Å². The number of amidine groups is 1. The van der Waals surface area contributed by atoms with Crippen molar-refractivity contribution >= 4 is 17.4 Å². The van der Waals surface area contributed by atoms with Crippen LogP contribution in [0, 0.1) is 17.8 Å². The molecule has 4 nitrogen and oxygen atoms in total. The summed E-state index contributed by atoms with van der Waals surface area (Å²) in [7, 11) is 0. The summed E-state index contributed by atoms with van der Waals surface area (Å²) in [5.74, 6) is 3.45. The van der Waals surface area contributed by atoms with Gasteiger partial charge in [-0.1, -0.05) is 36.8 Å². The van der Waals surface area contributed by atoms with Gasteiger partial charge in [0.2, 0.25) is 0 Å². The molecule has 0 atom stereocenters. The standard InChI is InChI=1S/C31H37N3O/c35-30(26-7-3-1-4-8-26)32-29-17-27-10-9-22(21-33-11-5-2-6-12-33)16-28(27)34(29)31-18-23-13-24(19-31)15-25(14-23)20-31/h1,3-4,7-10,16,23-25H,2,5-6,11-15,17-21H2. The van der Waals surface area contributed by atoms with Crippen LogP contribution >= 0.6 is 0 Å². The molecule has 0 spiro atoms. The van der Waals surface area contributed by atoms with E-state index in [0.717, 1.165) is 36.6 Å². The molecule has 8 rings (SSSR count). The van der Waals surface area contributed by atoms with Gasteiger partial charge in [0.1, 0.15) is 5.84 Å². The molecule has 6 aliphatic rings. The zero-order valence-electron chi connectivity index (χ0n) is 20.8. The zero-order chi connectivity index (χ0) is 23.4. The van der Waals surface area contributed by atoms with Gasteiger partial charge in [-0.05, 0) is 112 Å². The minimum absolute atomic E-state index is 0.100. The highest BCUT2D eigenvalue weighted by atomic mass is 16.1. The second kappa shape index (κ2) is 8.58. The van der Waals surface area contributed by atoms with Gasteiger partial charge in [0, 0.05) is 29.8 Å². The number of amides is 1. The van der Waals surface area contributed by atoms with E-state index in [1.165, 1.54) is 87.7 Å². The lowest BCUT2D eigenvalue weighted by atomic mass is 9.52. The Morgan fingerprint density at radius 3 is 2.26 bits per heavy atom. The van der Waals surface area contributed by atoms with E-state index in [-0.39, 0.29) is 11.4 Å². The molecule has 4 saturated carbocycles. The van der Waals surface area contributed by atoms with Crippen molar-refractivity contribution in [2.45, 2.75) is 76.3 Å². The lowest BCUT2D eigenvalue weighted by Gasteiger charge is -2.60. The Bertz CT molecular complexity index is 1110. The third-order valence-corrected chi connectivity index (χ3v) is 9.58. The molecular formula is C31H37N3O. The number of benzene rings is 2. The molecule has 0 aromatic heterocycles. The average Bonchev–Trinajstić information content (AvgIpc) is 3.22. The Kier molecular flexibility index (Phi) is 5.34. The molecule has 5 fully saturated rings. The Hall–Kier alpha value is -2.46. The summed E-state index contributed by atoms with van der Waals surface area (Å²) in [5, 5.41) is 0. The van der Waals surface area contributed by atoms with Crippen LogP contribution in [0.5, 0.6) is 0 Å². The van der Waals surface area contributed by atoms with Gasteiger partial charge in [-0.25, -0.2) is 0 Å². The van der Waals surface area contributed by atoms with E-state index in [1.807, 2.05) is 30.3 Å². The molecule has 35 heavy (non-hydrogen) atoms. The number of carbonyl (C=O) groups is 1. The summed E-state index contributed by atoms with van der Waals surface area (Å²) >= 11 is 0.